The van der Waals surface area contributed by atoms with Crippen molar-refractivity contribution in [3.05, 3.63) is 12.2 Å². The van der Waals surface area contributed by atoms with Gasteiger partial charge in [0.15, 0.2) is 6.29 Å². The molecule has 0 radical (unpaired) electrons. The van der Waals surface area contributed by atoms with Gasteiger partial charge in [0.25, 0.3) is 0 Å². The van der Waals surface area contributed by atoms with Crippen LogP contribution in [0.5, 0.6) is 0 Å². The first-order valence-electron chi connectivity index (χ1n) is 7.31. The minimum atomic E-state index is -1.12. The van der Waals surface area contributed by atoms with Gasteiger partial charge in [0.1, 0.15) is 6.61 Å². The third-order valence-corrected chi connectivity index (χ3v) is 2.61. The molecule has 1 N–H and O–H groups in total. The molecule has 0 fully saturated rings. The highest BCUT2D eigenvalue weighted by Crippen LogP contribution is 2.05. The average Bonchev–Trinajstić information content (AvgIpc) is 2.43. The predicted octanol–water partition coefficient (Wildman–Crippen LogP) is 2.52. The zero-order chi connectivity index (χ0) is 16.1. The summed E-state index contributed by atoms with van der Waals surface area (Å²) in [6, 6.07) is 0. The monoisotopic (exact) mass is 302 g/mol. The van der Waals surface area contributed by atoms with Crippen molar-refractivity contribution < 1.29 is 28.9 Å². The van der Waals surface area contributed by atoms with E-state index in [1.165, 1.54) is 0 Å². The molecule has 0 aliphatic heterocycles. The molecule has 0 aromatic rings. The van der Waals surface area contributed by atoms with Gasteiger partial charge in [-0.05, 0) is 12.8 Å². The van der Waals surface area contributed by atoms with E-state index in [-0.39, 0.29) is 12.2 Å². The highest BCUT2D eigenvalue weighted by Gasteiger charge is 2.16. The number of esters is 1. The Hall–Kier alpha value is -1.40. The summed E-state index contributed by atoms with van der Waals surface area (Å²) in [5.41, 5.74) is -0.0941. The number of unbranched alkanes of at least 4 members (excludes halogenated alkanes) is 2. The van der Waals surface area contributed by atoms with Crippen molar-refractivity contribution in [1.82, 2.24) is 0 Å². The minimum absolute atomic E-state index is 0.0646. The molecule has 0 aromatic heterocycles. The third-order valence-electron chi connectivity index (χ3n) is 2.61. The minimum Gasteiger partial charge on any atom is -0.481 e. The van der Waals surface area contributed by atoms with Crippen LogP contribution in [-0.2, 0) is 23.8 Å². The van der Waals surface area contributed by atoms with Crippen molar-refractivity contribution in [2.45, 2.75) is 52.2 Å². The predicted molar refractivity (Wildman–Crippen MR) is 77.9 cm³/mol. The molecule has 0 saturated heterocycles. The van der Waals surface area contributed by atoms with Crippen molar-refractivity contribution in [3.63, 3.8) is 0 Å². The number of carbonyl (C=O) groups is 2. The molecule has 0 heterocycles. The zero-order valence-corrected chi connectivity index (χ0v) is 12.9. The highest BCUT2D eigenvalue weighted by molar-refractivity contribution is 5.92. The van der Waals surface area contributed by atoms with Crippen molar-refractivity contribution in [2.24, 2.45) is 0 Å². The number of hydrogen-bond donors (Lipinski definition) is 1. The van der Waals surface area contributed by atoms with E-state index in [2.05, 4.69) is 6.58 Å². The lowest BCUT2D eigenvalue weighted by molar-refractivity contribution is -0.181. The summed E-state index contributed by atoms with van der Waals surface area (Å²) in [6.45, 7) is 8.48. The van der Waals surface area contributed by atoms with Gasteiger partial charge in [-0.2, -0.15) is 0 Å². The fourth-order valence-corrected chi connectivity index (χ4v) is 1.36. The summed E-state index contributed by atoms with van der Waals surface area (Å²) >= 11 is 0. The number of carboxylic acids is 1. The zero-order valence-electron chi connectivity index (χ0n) is 12.9. The maximum Gasteiger partial charge on any atom is 0.334 e. The van der Waals surface area contributed by atoms with Crippen LogP contribution in [0.2, 0.25) is 0 Å². The first-order valence-corrected chi connectivity index (χ1v) is 7.31. The van der Waals surface area contributed by atoms with Crippen LogP contribution in [0.15, 0.2) is 12.2 Å². The summed E-state index contributed by atoms with van der Waals surface area (Å²) in [4.78, 5) is 22.0. The number of hydrogen-bond acceptors (Lipinski definition) is 5. The van der Waals surface area contributed by atoms with Crippen LogP contribution in [0.1, 0.15) is 46.0 Å². The maximum absolute atomic E-state index is 11.5. The van der Waals surface area contributed by atoms with Crippen molar-refractivity contribution in [3.8, 4) is 0 Å². The molecule has 0 aromatic carbocycles. The summed E-state index contributed by atoms with van der Waals surface area (Å²) in [5, 5.41) is 8.58. The lowest BCUT2D eigenvalue weighted by Crippen LogP contribution is -2.27. The highest BCUT2D eigenvalue weighted by atomic mass is 16.7. The summed E-state index contributed by atoms with van der Waals surface area (Å²) in [5.74, 6) is -1.85. The van der Waals surface area contributed by atoms with Crippen LogP contribution in [0.3, 0.4) is 0 Å². The number of ether oxygens (including phenoxy) is 3. The van der Waals surface area contributed by atoms with Gasteiger partial charge in [0, 0.05) is 18.8 Å². The van der Waals surface area contributed by atoms with Gasteiger partial charge in [-0.3, -0.25) is 4.79 Å². The third kappa shape index (κ3) is 11.0. The van der Waals surface area contributed by atoms with Gasteiger partial charge < -0.3 is 19.3 Å². The van der Waals surface area contributed by atoms with Gasteiger partial charge in [-0.15, -0.1) is 0 Å². The fraction of sp³-hybridized carbons (Fsp3) is 0.733. The van der Waals surface area contributed by atoms with Gasteiger partial charge in [0.2, 0.25) is 0 Å². The Kier molecular flexibility index (Phi) is 11.5. The maximum atomic E-state index is 11.5. The van der Waals surface area contributed by atoms with E-state index in [1.807, 2.05) is 13.8 Å². The molecule has 122 valence electrons. The van der Waals surface area contributed by atoms with Crippen LogP contribution < -0.4 is 0 Å². The second-order valence-corrected chi connectivity index (χ2v) is 4.65. The van der Waals surface area contributed by atoms with Crippen LogP contribution >= 0.6 is 0 Å². The first-order chi connectivity index (χ1) is 10.0. The molecule has 0 rings (SSSR count). The normalized spacial score (nSPS) is 10.6. The van der Waals surface area contributed by atoms with E-state index in [0.717, 1.165) is 25.7 Å². The van der Waals surface area contributed by atoms with Crippen molar-refractivity contribution >= 4 is 11.9 Å². The fourth-order valence-electron chi connectivity index (χ4n) is 1.36. The van der Waals surface area contributed by atoms with E-state index < -0.39 is 24.6 Å². The second kappa shape index (κ2) is 12.3. The van der Waals surface area contributed by atoms with Crippen LogP contribution in [0.4, 0.5) is 0 Å². The Labute approximate surface area is 126 Å². The van der Waals surface area contributed by atoms with Crippen LogP contribution in [-0.4, -0.2) is 43.2 Å². The van der Waals surface area contributed by atoms with E-state index >= 15 is 0 Å². The molecule has 21 heavy (non-hydrogen) atoms. The average molecular weight is 302 g/mol. The lowest BCUT2D eigenvalue weighted by atomic mass is 10.2. The summed E-state index contributed by atoms with van der Waals surface area (Å²) < 4.78 is 16.0. The summed E-state index contributed by atoms with van der Waals surface area (Å²) in [6.07, 6.45) is 2.73. The Morgan fingerprint density at radius 1 is 1.10 bits per heavy atom. The molecule has 0 amide bonds. The van der Waals surface area contributed by atoms with Crippen molar-refractivity contribution in [2.75, 3.05) is 19.8 Å². The molecule has 0 bridgehead atoms. The molecular weight excluding hydrogens is 276 g/mol. The molecule has 0 unspecified atom stereocenters. The number of rotatable bonds is 13. The number of carboxylic acid groups (broad SMARTS) is 1. The van der Waals surface area contributed by atoms with E-state index in [1.54, 1.807) is 0 Å². The molecular formula is C15H26O6. The Balaban J connectivity index is 4.15. The molecule has 6 heteroatoms. The molecule has 0 aliphatic carbocycles. The van der Waals surface area contributed by atoms with Gasteiger partial charge in [-0.25, -0.2) is 4.79 Å². The number of carbonyl (C=O) groups excluding carboxylic acids is 1. The molecule has 0 spiro atoms. The van der Waals surface area contributed by atoms with Gasteiger partial charge in [0.05, 0.1) is 6.42 Å². The van der Waals surface area contributed by atoms with E-state index in [0.29, 0.717) is 13.2 Å². The first kappa shape index (κ1) is 19.6. The van der Waals surface area contributed by atoms with Crippen molar-refractivity contribution in [1.29, 1.82) is 0 Å². The largest absolute Gasteiger partial charge is 0.481 e. The summed E-state index contributed by atoms with van der Waals surface area (Å²) in [7, 11) is 0. The molecule has 0 saturated carbocycles. The van der Waals surface area contributed by atoms with E-state index in [9.17, 15) is 9.59 Å². The van der Waals surface area contributed by atoms with Crippen LogP contribution in [0.25, 0.3) is 0 Å². The standard InChI is InChI=1S/C15H26O6/c1-4-6-8-19-14(20-9-7-5-2)11-21-15(18)12(3)10-13(16)17/h14H,3-11H2,1-2H3,(H,16,17). The smallest absolute Gasteiger partial charge is 0.334 e. The Morgan fingerprint density at radius 2 is 1.62 bits per heavy atom. The van der Waals surface area contributed by atoms with Gasteiger partial charge in [-0.1, -0.05) is 33.3 Å². The van der Waals surface area contributed by atoms with Gasteiger partial charge >= 0.3 is 11.9 Å². The molecule has 0 aliphatic rings. The SMILES string of the molecule is C=C(CC(=O)O)C(=O)OCC(OCCCC)OCCCC. The van der Waals surface area contributed by atoms with E-state index in [4.69, 9.17) is 19.3 Å². The Morgan fingerprint density at radius 3 is 2.05 bits per heavy atom. The Bertz CT molecular complexity index is 316. The van der Waals surface area contributed by atoms with Crippen LogP contribution in [0, 0.1) is 0 Å². The lowest BCUT2D eigenvalue weighted by Gasteiger charge is -2.18. The molecule has 6 nitrogen and oxygen atoms in total. The number of aliphatic carboxylic acids is 1. The second-order valence-electron chi connectivity index (χ2n) is 4.65. The molecule has 0 atom stereocenters. The quantitative estimate of drug-likeness (QED) is 0.244. The topological polar surface area (TPSA) is 82.1 Å².